The van der Waals surface area contributed by atoms with Crippen molar-refractivity contribution in [3.63, 3.8) is 0 Å². The number of hydrogen-bond donors (Lipinski definition) is 1. The van der Waals surface area contributed by atoms with Crippen molar-refractivity contribution in [1.29, 1.82) is 0 Å². The van der Waals surface area contributed by atoms with Gasteiger partial charge < -0.3 is 9.94 Å². The maximum Gasteiger partial charge on any atom is 0.0800 e. The second kappa shape index (κ2) is 3.25. The number of fused-ring (bicyclic) bond motifs is 1. The molecule has 2 bridgehead atoms. The van der Waals surface area contributed by atoms with Crippen LogP contribution in [0.5, 0.6) is 0 Å². The molecular formula is C14H23NO2. The summed E-state index contributed by atoms with van der Waals surface area (Å²) in [5, 5.41) is 12.5. The molecular weight excluding hydrogens is 214 g/mol. The molecule has 96 valence electrons. The Hall–Kier alpha value is -0.570. The average molecular weight is 237 g/mol. The summed E-state index contributed by atoms with van der Waals surface area (Å²) in [5.74, 6) is 0.675. The SMILES string of the molecule is CC1(C)OC23C/C(=N/O)CC[C@@]2(C)CCC1C3. The van der Waals surface area contributed by atoms with E-state index in [1.807, 2.05) is 0 Å². The Bertz CT molecular complexity index is 376. The van der Waals surface area contributed by atoms with Crippen LogP contribution in [0.25, 0.3) is 0 Å². The third-order valence-corrected chi connectivity index (χ3v) is 5.76. The highest BCUT2D eigenvalue weighted by Gasteiger charge is 2.63. The molecule has 0 aromatic carbocycles. The fourth-order valence-electron chi connectivity index (χ4n) is 4.41. The van der Waals surface area contributed by atoms with Gasteiger partial charge in [0.15, 0.2) is 0 Å². The van der Waals surface area contributed by atoms with Gasteiger partial charge in [-0.25, -0.2) is 0 Å². The molecule has 17 heavy (non-hydrogen) atoms. The predicted octanol–water partition coefficient (Wildman–Crippen LogP) is 3.35. The van der Waals surface area contributed by atoms with Crippen molar-refractivity contribution in [1.82, 2.24) is 0 Å². The first-order chi connectivity index (χ1) is 7.91. The Labute approximate surface area is 103 Å². The Kier molecular flexibility index (Phi) is 2.20. The normalized spacial score (nSPS) is 50.3. The van der Waals surface area contributed by atoms with Crippen molar-refractivity contribution in [3.05, 3.63) is 0 Å². The van der Waals surface area contributed by atoms with E-state index in [1.165, 1.54) is 12.8 Å². The van der Waals surface area contributed by atoms with E-state index < -0.39 is 0 Å². The highest BCUT2D eigenvalue weighted by Crippen LogP contribution is 2.63. The maximum atomic E-state index is 9.05. The van der Waals surface area contributed by atoms with E-state index in [2.05, 4.69) is 25.9 Å². The highest BCUT2D eigenvalue weighted by molar-refractivity contribution is 5.86. The van der Waals surface area contributed by atoms with Crippen molar-refractivity contribution < 1.29 is 9.94 Å². The van der Waals surface area contributed by atoms with Crippen LogP contribution in [0.3, 0.4) is 0 Å². The number of nitrogens with zero attached hydrogens (tertiary/aromatic N) is 1. The van der Waals surface area contributed by atoms with Crippen molar-refractivity contribution in [2.75, 3.05) is 0 Å². The van der Waals surface area contributed by atoms with Crippen molar-refractivity contribution in [3.8, 4) is 0 Å². The number of oxime groups is 1. The number of rotatable bonds is 0. The minimum Gasteiger partial charge on any atom is -0.411 e. The van der Waals surface area contributed by atoms with Crippen LogP contribution in [0.2, 0.25) is 0 Å². The summed E-state index contributed by atoms with van der Waals surface area (Å²) in [7, 11) is 0. The average Bonchev–Trinajstić information content (AvgIpc) is 2.49. The van der Waals surface area contributed by atoms with E-state index in [0.717, 1.165) is 31.4 Å². The molecule has 0 aromatic rings. The summed E-state index contributed by atoms with van der Waals surface area (Å²) in [4.78, 5) is 0. The topological polar surface area (TPSA) is 41.8 Å². The Balaban J connectivity index is 2.00. The second-order valence-corrected chi connectivity index (χ2v) is 7.04. The molecule has 1 spiro atoms. The van der Waals surface area contributed by atoms with Gasteiger partial charge in [0.1, 0.15) is 0 Å². The van der Waals surface area contributed by atoms with Gasteiger partial charge in [0.25, 0.3) is 0 Å². The van der Waals surface area contributed by atoms with E-state index in [4.69, 9.17) is 9.94 Å². The molecule has 3 aliphatic rings. The molecule has 2 aliphatic carbocycles. The summed E-state index contributed by atoms with van der Waals surface area (Å²) in [5.41, 5.74) is 1.15. The fraction of sp³-hybridized carbons (Fsp3) is 0.929. The van der Waals surface area contributed by atoms with Crippen LogP contribution in [-0.2, 0) is 4.74 Å². The molecule has 3 heteroatoms. The molecule has 3 fully saturated rings. The highest BCUT2D eigenvalue weighted by atomic mass is 16.5. The largest absolute Gasteiger partial charge is 0.411 e. The van der Waals surface area contributed by atoms with Crippen LogP contribution >= 0.6 is 0 Å². The third kappa shape index (κ3) is 1.41. The molecule has 3 atom stereocenters. The van der Waals surface area contributed by atoms with Gasteiger partial charge in [0.2, 0.25) is 0 Å². The van der Waals surface area contributed by atoms with Gasteiger partial charge >= 0.3 is 0 Å². The lowest BCUT2D eigenvalue weighted by atomic mass is 9.55. The molecule has 2 saturated carbocycles. The van der Waals surface area contributed by atoms with E-state index in [9.17, 15) is 0 Å². The molecule has 0 amide bonds. The van der Waals surface area contributed by atoms with Crippen LogP contribution in [-0.4, -0.2) is 22.1 Å². The Morgan fingerprint density at radius 2 is 2.06 bits per heavy atom. The zero-order valence-corrected chi connectivity index (χ0v) is 11.1. The van der Waals surface area contributed by atoms with Gasteiger partial charge in [-0.1, -0.05) is 12.1 Å². The molecule has 0 aromatic heterocycles. The van der Waals surface area contributed by atoms with Gasteiger partial charge in [0, 0.05) is 6.42 Å². The molecule has 1 aliphatic heterocycles. The lowest BCUT2D eigenvalue weighted by Crippen LogP contribution is -2.52. The van der Waals surface area contributed by atoms with Crippen LogP contribution in [0.1, 0.15) is 59.3 Å². The minimum absolute atomic E-state index is 0.00430. The van der Waals surface area contributed by atoms with Gasteiger partial charge in [0.05, 0.1) is 16.9 Å². The van der Waals surface area contributed by atoms with Crippen LogP contribution in [0.15, 0.2) is 5.16 Å². The standard InChI is InChI=1S/C14H23NO2/c1-12(2)10-4-6-13(3)7-5-11(15-16)9-14(13,8-10)17-12/h10,16H,4-9H2,1-3H3/b15-11+/t10?,13-,14?/m1/s1. The quantitative estimate of drug-likeness (QED) is 0.518. The Morgan fingerprint density at radius 3 is 2.76 bits per heavy atom. The zero-order chi connectivity index (χ0) is 12.3. The fourth-order valence-corrected chi connectivity index (χ4v) is 4.41. The van der Waals surface area contributed by atoms with E-state index >= 15 is 0 Å². The van der Waals surface area contributed by atoms with Gasteiger partial charge in [-0.2, -0.15) is 0 Å². The summed E-state index contributed by atoms with van der Waals surface area (Å²) < 4.78 is 6.51. The van der Waals surface area contributed by atoms with Crippen molar-refractivity contribution in [2.24, 2.45) is 16.5 Å². The minimum atomic E-state index is -0.0563. The molecule has 3 nitrogen and oxygen atoms in total. The first kappa shape index (κ1) is 11.5. The lowest BCUT2D eigenvalue weighted by Gasteiger charge is -2.51. The lowest BCUT2D eigenvalue weighted by molar-refractivity contribution is -0.151. The van der Waals surface area contributed by atoms with Crippen LogP contribution in [0.4, 0.5) is 0 Å². The number of ether oxygens (including phenoxy) is 1. The second-order valence-electron chi connectivity index (χ2n) is 7.04. The Morgan fingerprint density at radius 1 is 1.29 bits per heavy atom. The molecule has 2 unspecified atom stereocenters. The van der Waals surface area contributed by atoms with Crippen molar-refractivity contribution >= 4 is 5.71 Å². The molecule has 3 rings (SSSR count). The molecule has 1 N–H and O–H groups in total. The summed E-state index contributed by atoms with van der Waals surface area (Å²) in [6.45, 7) is 6.82. The monoisotopic (exact) mass is 237 g/mol. The molecule has 0 radical (unpaired) electrons. The number of hydrogen-bond acceptors (Lipinski definition) is 3. The third-order valence-electron chi connectivity index (χ3n) is 5.76. The molecule has 1 heterocycles. The van der Waals surface area contributed by atoms with Crippen molar-refractivity contribution in [2.45, 2.75) is 70.5 Å². The predicted molar refractivity (Wildman–Crippen MR) is 66.4 cm³/mol. The summed E-state index contributed by atoms with van der Waals surface area (Å²) in [6.07, 6.45) is 6.57. The summed E-state index contributed by atoms with van der Waals surface area (Å²) in [6, 6.07) is 0. The van der Waals surface area contributed by atoms with Gasteiger partial charge in [-0.15, -0.1) is 0 Å². The van der Waals surface area contributed by atoms with Crippen LogP contribution in [0, 0.1) is 11.3 Å². The van der Waals surface area contributed by atoms with E-state index in [-0.39, 0.29) is 16.6 Å². The molecule has 1 saturated heterocycles. The van der Waals surface area contributed by atoms with Gasteiger partial charge in [-0.05, 0) is 57.3 Å². The first-order valence-electron chi connectivity index (χ1n) is 6.81. The van der Waals surface area contributed by atoms with E-state index in [1.54, 1.807) is 0 Å². The smallest absolute Gasteiger partial charge is 0.0800 e. The maximum absolute atomic E-state index is 9.05. The van der Waals surface area contributed by atoms with E-state index in [0.29, 0.717) is 5.92 Å². The first-order valence-corrected chi connectivity index (χ1v) is 6.81. The summed E-state index contributed by atoms with van der Waals surface area (Å²) >= 11 is 0. The van der Waals surface area contributed by atoms with Crippen LogP contribution < -0.4 is 0 Å². The van der Waals surface area contributed by atoms with Gasteiger partial charge in [-0.3, -0.25) is 0 Å². The zero-order valence-electron chi connectivity index (χ0n) is 11.1.